The summed E-state index contributed by atoms with van der Waals surface area (Å²) in [6, 6.07) is 34.1. The molecule has 1 unspecified atom stereocenters. The first-order valence-corrected chi connectivity index (χ1v) is 43.7. The fraction of sp³-hybridized carbons (Fsp3) is 0.362. The zero-order valence-corrected chi connectivity index (χ0v) is 75.7. The highest BCUT2D eigenvalue weighted by Gasteiger charge is 2.48. The van der Waals surface area contributed by atoms with Gasteiger partial charge < -0.3 is 71.1 Å². The van der Waals surface area contributed by atoms with Crippen LogP contribution in [0.15, 0.2) is 202 Å². The van der Waals surface area contributed by atoms with Crippen molar-refractivity contribution >= 4 is 47.4 Å². The number of anilines is 7. The average molecular weight is 1790 g/mol. The molecule has 11 aromatic heterocycles. The average Bonchev–Trinajstić information content (AvgIpc) is 1.61. The molecular formula is C94H108N30O8. The molecule has 0 bridgehead atoms. The van der Waals surface area contributed by atoms with Gasteiger partial charge in [0.2, 0.25) is 23.8 Å². The predicted molar refractivity (Wildman–Crippen MR) is 496 cm³/mol. The minimum absolute atomic E-state index is 0.0484. The Morgan fingerprint density at radius 3 is 1.12 bits per heavy atom. The molecule has 12 heterocycles. The zero-order chi connectivity index (χ0) is 92.9. The summed E-state index contributed by atoms with van der Waals surface area (Å²) in [6.45, 7) is 26.5. The molecule has 0 radical (unpaired) electrons. The van der Waals surface area contributed by atoms with Gasteiger partial charge in [-0.1, -0.05) is 159 Å². The van der Waals surface area contributed by atoms with Crippen molar-refractivity contribution in [3.63, 3.8) is 0 Å². The standard InChI is InChI=1S/2C24H28N8O2.C23H29N7O3.C23H23N7O/c2*1-15(2)24(3,18-7-5-16(6-8-18)17-11-29-23(25)30-12-17)22-31-21(34-32-22)19-13-28-20(14-27-19)26-9-10-33-4;1-15(2)23(3,18-6-4-16(5-7-18)17-12-25-21(24)26-13-17)20-27-22(33-28-20)30-10-8-29(9-11-30)14-19(31)32;1-23(18-6-7-18,17-4-2-14(3-5-17)15-10-25-22(24)26-11-15)21-28-20(31-29-21)16-12-27-30(13-16)19-8-9-19/h2*5-8,11-15H,9-10H2,1-4H3,(H,26,28)(H2,25,29,30);4-7,12-13,15H,8-11,14H2,1-3H3,(H,31,32)(H2,24,25,26);2-5,10-13,18-19H,6-9H2,1H3,(H2,24,25,26)/t2*24-;;23-/m10.0/s1. The topological polar surface area (TPSA) is 519 Å². The van der Waals surface area contributed by atoms with Crippen LogP contribution in [0.4, 0.5) is 41.4 Å². The summed E-state index contributed by atoms with van der Waals surface area (Å²) in [5.41, 5.74) is 34.6. The molecule has 2 saturated carbocycles. The van der Waals surface area contributed by atoms with E-state index in [1.807, 2.05) is 63.3 Å². The van der Waals surface area contributed by atoms with Gasteiger partial charge >= 0.3 is 12.0 Å². The first kappa shape index (κ1) is 91.8. The van der Waals surface area contributed by atoms with Crippen LogP contribution in [-0.4, -0.2) is 199 Å². The number of ether oxygens (including phenoxy) is 2. The number of nitrogens with two attached hydrogens (primary N) is 4. The first-order valence-electron chi connectivity index (χ1n) is 43.7. The third-order valence-electron chi connectivity index (χ3n) is 25.1. The molecule has 0 amide bonds. The number of aliphatic carboxylic acids is 1. The summed E-state index contributed by atoms with van der Waals surface area (Å²) in [6.07, 6.45) is 28.8. The van der Waals surface area contributed by atoms with E-state index in [1.54, 1.807) is 88.6 Å². The summed E-state index contributed by atoms with van der Waals surface area (Å²) < 4.78 is 34.5. The number of hydrogen-bond donors (Lipinski definition) is 7. The lowest BCUT2D eigenvalue weighted by Gasteiger charge is -2.33. The van der Waals surface area contributed by atoms with Gasteiger partial charge in [0, 0.05) is 132 Å². The maximum atomic E-state index is 10.9. The van der Waals surface area contributed by atoms with Gasteiger partial charge in [0.15, 0.2) is 23.3 Å². The minimum Gasteiger partial charge on any atom is -0.480 e. The van der Waals surface area contributed by atoms with Gasteiger partial charge in [-0.15, -0.1) is 0 Å². The summed E-state index contributed by atoms with van der Waals surface area (Å²) in [4.78, 5) is 83.9. The molecule has 3 fully saturated rings. The molecule has 38 nitrogen and oxygen atoms in total. The number of benzene rings is 4. The SMILES string of the molecule is CC(C)C(C)(c1ccc(-c2cnc(N)nc2)cc1)c1noc(N2CCN(CC(=O)O)CC2)n1.COCCNc1cnc(-c2nc([C@@](C)(c3ccc(-c4cnc(N)nc4)cc3)C(C)C)no2)cn1.COCCNc1cnc(-c2nc([C@](C)(c3ccc(-c4cnc(N)nc4)cc3)C(C)C)no2)cn1.C[C@@](c1ccc(-c2cnc(N)nc2)cc1)(c1noc(-c2cnn(C3CC3)c2)n1)C1CC1. The van der Waals surface area contributed by atoms with Gasteiger partial charge in [0.1, 0.15) is 23.0 Å². The molecule has 4 aromatic carbocycles. The van der Waals surface area contributed by atoms with Crippen molar-refractivity contribution in [3.05, 3.63) is 229 Å². The normalized spacial score (nSPS) is 15.2. The van der Waals surface area contributed by atoms with Crippen molar-refractivity contribution in [3.8, 4) is 79.1 Å². The molecule has 18 rings (SSSR count). The predicted octanol–water partition coefficient (Wildman–Crippen LogP) is 13.5. The number of aromatic nitrogens is 22. The summed E-state index contributed by atoms with van der Waals surface area (Å²) >= 11 is 0. The quantitative estimate of drug-likeness (QED) is 0.0198. The molecule has 132 heavy (non-hydrogen) atoms. The van der Waals surface area contributed by atoms with Gasteiger partial charge in [-0.25, -0.2) is 59.8 Å². The monoisotopic (exact) mass is 1780 g/mol. The Balaban J connectivity index is 0.000000135. The van der Waals surface area contributed by atoms with Crippen LogP contribution in [0.1, 0.15) is 147 Å². The first-order chi connectivity index (χ1) is 63.7. The van der Waals surface area contributed by atoms with Crippen LogP contribution in [0.25, 0.3) is 79.1 Å². The Morgan fingerprint density at radius 2 is 0.773 bits per heavy atom. The van der Waals surface area contributed by atoms with Crippen molar-refractivity contribution in [2.24, 2.45) is 23.7 Å². The number of rotatable bonds is 31. The highest BCUT2D eigenvalue weighted by Crippen LogP contribution is 2.51. The zero-order valence-electron chi connectivity index (χ0n) is 75.7. The summed E-state index contributed by atoms with van der Waals surface area (Å²) in [5, 5.41) is 37.1. The van der Waals surface area contributed by atoms with Crippen molar-refractivity contribution in [1.29, 1.82) is 0 Å². The van der Waals surface area contributed by atoms with Gasteiger partial charge in [-0.05, 0) is 122 Å². The number of carboxylic acid groups (broad SMARTS) is 1. The second kappa shape index (κ2) is 40.4. The number of hydrogen-bond acceptors (Lipinski definition) is 36. The molecule has 11 N–H and O–H groups in total. The second-order valence-corrected chi connectivity index (χ2v) is 34.4. The molecule has 3 aliphatic rings. The molecule has 1 aliphatic heterocycles. The smallest absolute Gasteiger partial charge is 0.324 e. The van der Waals surface area contributed by atoms with Crippen LogP contribution in [0.3, 0.4) is 0 Å². The molecule has 15 aromatic rings. The number of piperazine rings is 1. The summed E-state index contributed by atoms with van der Waals surface area (Å²) in [5.74, 6) is 6.34. The number of carbonyl (C=O) groups is 1. The molecule has 4 atom stereocenters. The van der Waals surface area contributed by atoms with E-state index in [4.69, 9.17) is 75.5 Å². The van der Waals surface area contributed by atoms with Crippen LogP contribution in [0.5, 0.6) is 0 Å². The lowest BCUT2D eigenvalue weighted by Crippen LogP contribution is -2.48. The van der Waals surface area contributed by atoms with Crippen LogP contribution in [0, 0.1) is 23.7 Å². The number of nitrogens with zero attached hydrogens (tertiary/aromatic N) is 24. The number of methoxy groups -OCH3 is 2. The molecule has 1 saturated heterocycles. The van der Waals surface area contributed by atoms with Crippen molar-refractivity contribution in [1.82, 2.24) is 115 Å². The lowest BCUT2D eigenvalue weighted by molar-refractivity contribution is -0.138. The van der Waals surface area contributed by atoms with Crippen LogP contribution in [-0.2, 0) is 35.9 Å². The van der Waals surface area contributed by atoms with Gasteiger partial charge in [-0.3, -0.25) is 14.4 Å². The third kappa shape index (κ3) is 20.8. The molecule has 0 spiro atoms. The second-order valence-electron chi connectivity index (χ2n) is 34.4. The van der Waals surface area contributed by atoms with E-state index in [-0.39, 0.29) is 53.5 Å². The molecule has 682 valence electrons. The number of nitrogen functional groups attached to an aromatic ring is 4. The van der Waals surface area contributed by atoms with E-state index in [0.29, 0.717) is 129 Å². The fourth-order valence-corrected chi connectivity index (χ4v) is 15.4. The third-order valence-corrected chi connectivity index (χ3v) is 25.1. The van der Waals surface area contributed by atoms with Gasteiger partial charge in [0.25, 0.3) is 17.7 Å². The minimum atomic E-state index is -0.814. The maximum absolute atomic E-state index is 10.9. The van der Waals surface area contributed by atoms with E-state index < -0.39 is 22.2 Å². The Kier molecular flexibility index (Phi) is 28.1. The Bertz CT molecular complexity index is 6050. The Hall–Kier alpha value is -14.9. The van der Waals surface area contributed by atoms with E-state index in [2.05, 4.69) is 226 Å². The molecule has 38 heteroatoms. The van der Waals surface area contributed by atoms with Crippen molar-refractivity contribution in [2.45, 2.75) is 123 Å². The highest BCUT2D eigenvalue weighted by atomic mass is 16.5. The fourth-order valence-electron chi connectivity index (χ4n) is 15.4. The van der Waals surface area contributed by atoms with E-state index >= 15 is 0 Å². The highest BCUT2D eigenvalue weighted by molar-refractivity contribution is 5.69. The lowest BCUT2D eigenvalue weighted by atomic mass is 9.72. The van der Waals surface area contributed by atoms with E-state index in [9.17, 15) is 4.79 Å². The van der Waals surface area contributed by atoms with Crippen LogP contribution in [0.2, 0.25) is 0 Å². The van der Waals surface area contributed by atoms with E-state index in [0.717, 1.165) is 85.4 Å². The molecule has 2 aliphatic carbocycles. The van der Waals surface area contributed by atoms with Crippen molar-refractivity contribution < 1.29 is 37.5 Å². The number of nitrogens with one attached hydrogen (secondary N) is 2. The largest absolute Gasteiger partial charge is 0.480 e. The van der Waals surface area contributed by atoms with Gasteiger partial charge in [0.05, 0.1) is 84.0 Å². The maximum Gasteiger partial charge on any atom is 0.324 e. The Morgan fingerprint density at radius 1 is 0.417 bits per heavy atom. The van der Waals surface area contributed by atoms with Crippen LogP contribution >= 0.6 is 0 Å². The van der Waals surface area contributed by atoms with E-state index in [1.165, 1.54) is 18.4 Å². The number of carboxylic acids is 1. The van der Waals surface area contributed by atoms with Gasteiger partial charge in [-0.2, -0.15) is 25.0 Å². The Labute approximate surface area is 762 Å². The molecular weight excluding hydrogens is 1680 g/mol. The summed E-state index contributed by atoms with van der Waals surface area (Å²) in [7, 11) is 3.30. The van der Waals surface area contributed by atoms with Crippen LogP contribution < -0.4 is 38.5 Å². The van der Waals surface area contributed by atoms with Crippen molar-refractivity contribution in [2.75, 3.05) is 112 Å².